The molecule has 2 aliphatic rings. The first-order valence-corrected chi connectivity index (χ1v) is 21.7. The predicted octanol–water partition coefficient (Wildman–Crippen LogP) is 5.74. The van der Waals surface area contributed by atoms with Crippen LogP contribution in [0.5, 0.6) is 0 Å². The number of piperidine rings is 1. The van der Waals surface area contributed by atoms with Crippen LogP contribution in [0.15, 0.2) is 80.7 Å². The van der Waals surface area contributed by atoms with Gasteiger partial charge in [0.1, 0.15) is 17.7 Å². The minimum absolute atomic E-state index is 0.0860. The quantitative estimate of drug-likeness (QED) is 0.123. The number of ether oxygens (including phenoxy) is 1. The standard InChI is InChI=1S/C42H53Br2N9O6/c1-42(2,3)59-41(58)46-17-7-6-9-34(38(55)51-24-22-50(23-25-51)30-13-18-45-19-14-30)47-37(54)35(27-28-26-29(43)11-12-32(28)44)49-39(56)52-20-15-31(16-21-52)53-36-10-5-4-8-33(36)48-40(53)57/h4-5,8,10-14,18-19,26,31,34-35H,6-7,9,15-17,20-25,27H2,1-3H3,(H,46,58)(H,47,54)(H,48,57)(H,49,56)/t34-,35+/m0/s1. The summed E-state index contributed by atoms with van der Waals surface area (Å²) in [6, 6.07) is 14.7. The van der Waals surface area contributed by atoms with Crippen LogP contribution in [0.25, 0.3) is 11.0 Å². The second-order valence-corrected chi connectivity index (χ2v) is 17.8. The van der Waals surface area contributed by atoms with Crippen LogP contribution in [0.1, 0.15) is 64.5 Å². The molecule has 0 unspecified atom stereocenters. The van der Waals surface area contributed by atoms with Crippen molar-refractivity contribution in [1.29, 1.82) is 0 Å². The molecule has 15 nitrogen and oxygen atoms in total. The molecular formula is C42H53Br2N9O6. The second kappa shape index (κ2) is 19.9. The fourth-order valence-electron chi connectivity index (χ4n) is 7.60. The molecule has 0 bridgehead atoms. The third kappa shape index (κ3) is 11.9. The number of alkyl carbamates (subject to hydrolysis) is 1. The number of nitrogens with one attached hydrogen (secondary N) is 4. The first-order valence-electron chi connectivity index (χ1n) is 20.2. The topological polar surface area (TPSA) is 174 Å². The largest absolute Gasteiger partial charge is 0.444 e. The van der Waals surface area contributed by atoms with Crippen LogP contribution < -0.4 is 26.5 Å². The number of hydrogen-bond donors (Lipinski definition) is 4. The molecule has 2 atom stereocenters. The second-order valence-electron chi connectivity index (χ2n) is 16.0. The summed E-state index contributed by atoms with van der Waals surface area (Å²) in [6.45, 7) is 8.70. The van der Waals surface area contributed by atoms with Gasteiger partial charge in [0.15, 0.2) is 0 Å². The van der Waals surface area contributed by atoms with Crippen LogP contribution in [0.3, 0.4) is 0 Å². The predicted molar refractivity (Wildman–Crippen MR) is 233 cm³/mol. The molecule has 0 saturated carbocycles. The van der Waals surface area contributed by atoms with E-state index in [0.717, 1.165) is 31.2 Å². The molecule has 316 valence electrons. The zero-order valence-corrected chi connectivity index (χ0v) is 36.9. The molecule has 2 fully saturated rings. The van der Waals surface area contributed by atoms with E-state index in [4.69, 9.17) is 4.74 Å². The Morgan fingerprint density at radius 1 is 0.881 bits per heavy atom. The van der Waals surface area contributed by atoms with Gasteiger partial charge in [0, 0.05) is 85.3 Å². The molecule has 0 aliphatic carbocycles. The number of amides is 5. The van der Waals surface area contributed by atoms with E-state index in [1.807, 2.05) is 54.6 Å². The van der Waals surface area contributed by atoms with Crippen molar-refractivity contribution < 1.29 is 23.9 Å². The van der Waals surface area contributed by atoms with Gasteiger partial charge in [0.05, 0.1) is 11.0 Å². The summed E-state index contributed by atoms with van der Waals surface area (Å²) in [6.07, 6.45) is 5.68. The van der Waals surface area contributed by atoms with Crippen LogP contribution in [0.4, 0.5) is 15.3 Å². The Morgan fingerprint density at radius 3 is 2.31 bits per heavy atom. The molecule has 2 aromatic carbocycles. The lowest BCUT2D eigenvalue weighted by atomic mass is 10.0. The third-order valence-electron chi connectivity index (χ3n) is 10.6. The first-order chi connectivity index (χ1) is 28.3. The van der Waals surface area contributed by atoms with E-state index in [9.17, 15) is 24.0 Å². The van der Waals surface area contributed by atoms with Gasteiger partial charge >= 0.3 is 17.8 Å². The number of anilines is 1. The number of benzene rings is 2. The number of hydrogen-bond acceptors (Lipinski definition) is 8. The molecule has 59 heavy (non-hydrogen) atoms. The van der Waals surface area contributed by atoms with Crippen molar-refractivity contribution >= 4 is 72.5 Å². The molecule has 0 radical (unpaired) electrons. The van der Waals surface area contributed by atoms with Gasteiger partial charge in [-0.25, -0.2) is 14.4 Å². The number of aromatic amines is 1. The van der Waals surface area contributed by atoms with Crippen LogP contribution in [-0.4, -0.2) is 112 Å². The first kappa shape index (κ1) is 43.7. The van der Waals surface area contributed by atoms with Crippen LogP contribution in [-0.2, 0) is 20.7 Å². The Hall–Kier alpha value is -4.90. The fourth-order valence-corrected chi connectivity index (χ4v) is 8.42. The monoisotopic (exact) mass is 937 g/mol. The summed E-state index contributed by atoms with van der Waals surface area (Å²) < 4.78 is 8.71. The lowest BCUT2D eigenvalue weighted by Crippen LogP contribution is -2.59. The number of fused-ring (bicyclic) bond motifs is 1. The minimum Gasteiger partial charge on any atom is -0.444 e. The van der Waals surface area contributed by atoms with Gasteiger partial charge in [0.2, 0.25) is 11.8 Å². The Labute approximate surface area is 360 Å². The lowest BCUT2D eigenvalue weighted by molar-refractivity contribution is -0.137. The number of carbonyl (C=O) groups is 4. The van der Waals surface area contributed by atoms with Crippen molar-refractivity contribution in [3.63, 3.8) is 0 Å². The Bertz CT molecular complexity index is 2140. The van der Waals surface area contributed by atoms with E-state index in [-0.39, 0.29) is 24.1 Å². The average molecular weight is 940 g/mol. The maximum atomic E-state index is 14.4. The molecule has 4 N–H and O–H groups in total. The molecule has 6 rings (SSSR count). The number of nitrogens with zero attached hydrogens (tertiary/aromatic N) is 5. The molecule has 17 heteroatoms. The Morgan fingerprint density at radius 2 is 1.59 bits per heavy atom. The number of carbonyl (C=O) groups excluding carboxylic acids is 4. The normalized spacial score (nSPS) is 16.1. The van der Waals surface area contributed by atoms with Crippen LogP contribution >= 0.6 is 31.9 Å². The van der Waals surface area contributed by atoms with Crippen molar-refractivity contribution in [3.05, 3.63) is 92.0 Å². The molecule has 4 aromatic rings. The summed E-state index contributed by atoms with van der Waals surface area (Å²) in [5.41, 5.74) is 2.62. The average Bonchev–Trinajstić information content (AvgIpc) is 3.56. The summed E-state index contributed by atoms with van der Waals surface area (Å²) in [7, 11) is 0. The number of halogens is 2. The molecule has 2 saturated heterocycles. The zero-order chi connectivity index (χ0) is 42.1. The summed E-state index contributed by atoms with van der Waals surface area (Å²) in [5.74, 6) is -0.678. The van der Waals surface area contributed by atoms with Gasteiger partial charge in [-0.05, 0) is 101 Å². The SMILES string of the molecule is CC(C)(C)OC(=O)NCCCC[C@H](NC(=O)[C@@H](Cc1cc(Br)ccc1Br)NC(=O)N1CCC(n2c(=O)[nH]c3ccccc32)CC1)C(=O)N1CCN(c2ccncc2)CC1. The van der Waals surface area contributed by atoms with Gasteiger partial charge in [0.25, 0.3) is 0 Å². The molecule has 5 amide bonds. The van der Waals surface area contributed by atoms with Crippen molar-refractivity contribution in [2.24, 2.45) is 0 Å². The highest BCUT2D eigenvalue weighted by Gasteiger charge is 2.33. The number of imidazole rings is 1. The number of aromatic nitrogens is 3. The van der Waals surface area contributed by atoms with Gasteiger partial charge in [-0.15, -0.1) is 0 Å². The number of para-hydroxylation sites is 2. The van der Waals surface area contributed by atoms with Gasteiger partial charge in [-0.1, -0.05) is 44.0 Å². The summed E-state index contributed by atoms with van der Waals surface area (Å²) in [5, 5.41) is 8.79. The molecule has 2 aromatic heterocycles. The van der Waals surface area contributed by atoms with E-state index in [1.165, 1.54) is 0 Å². The van der Waals surface area contributed by atoms with Crippen molar-refractivity contribution in [1.82, 2.24) is 40.3 Å². The maximum absolute atomic E-state index is 14.4. The molecule has 2 aliphatic heterocycles. The number of urea groups is 1. The van der Waals surface area contributed by atoms with Crippen molar-refractivity contribution in [2.45, 2.75) is 83.0 Å². The third-order valence-corrected chi connectivity index (χ3v) is 11.9. The fraction of sp³-hybridized carbons (Fsp3) is 0.476. The number of pyridine rings is 1. The van der Waals surface area contributed by atoms with Gasteiger partial charge in [-0.2, -0.15) is 0 Å². The van der Waals surface area contributed by atoms with Gasteiger partial charge < -0.3 is 40.4 Å². The summed E-state index contributed by atoms with van der Waals surface area (Å²) in [4.78, 5) is 80.4. The van der Waals surface area contributed by atoms with Crippen LogP contribution in [0, 0.1) is 0 Å². The molecule has 4 heterocycles. The smallest absolute Gasteiger partial charge is 0.407 e. The number of unbranched alkanes of at least 4 members (excludes halogenated alkanes) is 1. The van der Waals surface area contributed by atoms with Crippen molar-refractivity contribution in [3.8, 4) is 0 Å². The molecular weight excluding hydrogens is 886 g/mol. The van der Waals surface area contributed by atoms with E-state index >= 15 is 0 Å². The van der Waals surface area contributed by atoms with Crippen LogP contribution in [0.2, 0.25) is 0 Å². The highest BCUT2D eigenvalue weighted by atomic mass is 79.9. The Balaban J connectivity index is 1.14. The zero-order valence-electron chi connectivity index (χ0n) is 33.7. The maximum Gasteiger partial charge on any atom is 0.407 e. The number of piperazine rings is 1. The molecule has 0 spiro atoms. The lowest BCUT2D eigenvalue weighted by Gasteiger charge is -2.38. The highest BCUT2D eigenvalue weighted by molar-refractivity contribution is 9.11. The highest BCUT2D eigenvalue weighted by Crippen LogP contribution is 2.26. The van der Waals surface area contributed by atoms with Gasteiger partial charge in [-0.3, -0.25) is 19.1 Å². The van der Waals surface area contributed by atoms with E-state index in [1.54, 1.807) is 47.5 Å². The minimum atomic E-state index is -1.02. The Kier molecular flexibility index (Phi) is 14.7. The van der Waals surface area contributed by atoms with E-state index in [0.29, 0.717) is 77.9 Å². The number of likely N-dealkylation sites (tertiary alicyclic amines) is 1. The van der Waals surface area contributed by atoms with Crippen molar-refractivity contribution in [2.75, 3.05) is 50.7 Å². The summed E-state index contributed by atoms with van der Waals surface area (Å²) >= 11 is 7.14. The number of rotatable bonds is 13. The van der Waals surface area contributed by atoms with E-state index < -0.39 is 35.7 Å². The number of H-pyrrole nitrogens is 1. The van der Waals surface area contributed by atoms with E-state index in [2.05, 4.69) is 62.7 Å².